The lowest BCUT2D eigenvalue weighted by Crippen LogP contribution is -2.39. The van der Waals surface area contributed by atoms with Gasteiger partial charge in [-0.15, -0.1) is 0 Å². The third-order valence-electron chi connectivity index (χ3n) is 6.27. The molecule has 2 fully saturated rings. The predicted octanol–water partition coefficient (Wildman–Crippen LogP) is 5.04. The van der Waals surface area contributed by atoms with Crippen LogP contribution in [-0.2, 0) is 14.3 Å². The molecule has 1 aromatic rings. The summed E-state index contributed by atoms with van der Waals surface area (Å²) < 4.78 is 11.8. The average Bonchev–Trinajstić information content (AvgIpc) is 2.92. The van der Waals surface area contributed by atoms with Crippen LogP contribution in [0.3, 0.4) is 0 Å². The Labute approximate surface area is 166 Å². The highest BCUT2D eigenvalue weighted by molar-refractivity contribution is 6.11. The van der Waals surface area contributed by atoms with Crippen LogP contribution < -0.4 is 0 Å². The molecule has 2 heterocycles. The van der Waals surface area contributed by atoms with Crippen molar-refractivity contribution in [3.8, 4) is 0 Å². The SMILES string of the molecule is CC1=C(C(=O)OC2CCCCCC2)[C@H](c2ccc(C)o2)C2C(=O)CCCC2=N1. The number of rotatable bonds is 3. The molecule has 1 aliphatic heterocycles. The van der Waals surface area contributed by atoms with Crippen molar-refractivity contribution in [3.63, 3.8) is 0 Å². The monoisotopic (exact) mass is 383 g/mol. The van der Waals surface area contributed by atoms with Crippen molar-refractivity contribution in [3.05, 3.63) is 34.9 Å². The second kappa shape index (κ2) is 8.06. The highest BCUT2D eigenvalue weighted by Gasteiger charge is 2.45. The van der Waals surface area contributed by atoms with Gasteiger partial charge in [0.1, 0.15) is 23.4 Å². The number of esters is 1. The molecule has 2 atom stereocenters. The summed E-state index contributed by atoms with van der Waals surface area (Å²) >= 11 is 0. The van der Waals surface area contributed by atoms with Gasteiger partial charge in [0.15, 0.2) is 0 Å². The van der Waals surface area contributed by atoms with E-state index in [4.69, 9.17) is 9.15 Å². The van der Waals surface area contributed by atoms with Gasteiger partial charge in [0, 0.05) is 17.8 Å². The summed E-state index contributed by atoms with van der Waals surface area (Å²) in [5, 5.41) is 0. The number of hydrogen-bond donors (Lipinski definition) is 0. The van der Waals surface area contributed by atoms with E-state index >= 15 is 0 Å². The van der Waals surface area contributed by atoms with Crippen LogP contribution in [0, 0.1) is 12.8 Å². The van der Waals surface area contributed by atoms with Gasteiger partial charge < -0.3 is 9.15 Å². The summed E-state index contributed by atoms with van der Waals surface area (Å²) in [5.41, 5.74) is 2.06. The number of aryl methyl sites for hydroxylation is 1. The van der Waals surface area contributed by atoms with Crippen molar-refractivity contribution < 1.29 is 18.7 Å². The Bertz CT molecular complexity index is 823. The van der Waals surface area contributed by atoms with Crippen LogP contribution >= 0.6 is 0 Å². The van der Waals surface area contributed by atoms with Gasteiger partial charge in [0.25, 0.3) is 0 Å². The standard InChI is InChI=1S/C23H29NO4/c1-14-12-13-19(27-14)22-20(23(26)28-16-8-5-3-4-6-9-16)15(2)24-17-10-7-11-18(25)21(17)22/h12-13,16,21-22H,3-11H2,1-2H3/t21?,22-/m0/s1. The Morgan fingerprint density at radius 3 is 2.46 bits per heavy atom. The molecule has 1 unspecified atom stereocenters. The molecule has 0 bridgehead atoms. The first-order chi connectivity index (χ1) is 13.5. The third-order valence-corrected chi connectivity index (χ3v) is 6.27. The number of aliphatic imine (C=N–C) groups is 1. The van der Waals surface area contributed by atoms with Gasteiger partial charge in [-0.25, -0.2) is 4.79 Å². The summed E-state index contributed by atoms with van der Waals surface area (Å²) in [6.07, 6.45) is 8.55. The van der Waals surface area contributed by atoms with Crippen LogP contribution in [0.4, 0.5) is 0 Å². The van der Waals surface area contributed by atoms with E-state index in [1.807, 2.05) is 26.0 Å². The fraction of sp³-hybridized carbons (Fsp3) is 0.609. The average molecular weight is 383 g/mol. The summed E-state index contributed by atoms with van der Waals surface area (Å²) in [6, 6.07) is 3.77. The number of carbonyl (C=O) groups is 2. The molecule has 28 heavy (non-hydrogen) atoms. The van der Waals surface area contributed by atoms with Gasteiger partial charge in [-0.1, -0.05) is 12.8 Å². The first kappa shape index (κ1) is 19.2. The molecule has 0 aromatic carbocycles. The lowest BCUT2D eigenvalue weighted by atomic mass is 9.71. The molecule has 3 aliphatic rings. The molecule has 1 aromatic heterocycles. The number of carbonyl (C=O) groups excluding carboxylic acids is 2. The molecule has 5 heteroatoms. The van der Waals surface area contributed by atoms with Crippen molar-refractivity contribution in [2.75, 3.05) is 0 Å². The number of Topliss-reactive ketones (excluding diaryl/α,β-unsaturated/α-hetero) is 1. The molecular weight excluding hydrogens is 354 g/mol. The topological polar surface area (TPSA) is 68.9 Å². The number of fused-ring (bicyclic) bond motifs is 1. The van der Waals surface area contributed by atoms with E-state index in [1.54, 1.807) is 0 Å². The normalized spacial score (nSPS) is 26.5. The lowest BCUT2D eigenvalue weighted by Gasteiger charge is -2.34. The minimum atomic E-state index is -0.424. The Morgan fingerprint density at radius 2 is 1.79 bits per heavy atom. The van der Waals surface area contributed by atoms with Crippen LogP contribution in [-0.4, -0.2) is 23.6 Å². The highest BCUT2D eigenvalue weighted by atomic mass is 16.5. The number of nitrogens with zero attached hydrogens (tertiary/aromatic N) is 1. The molecular formula is C23H29NO4. The highest BCUT2D eigenvalue weighted by Crippen LogP contribution is 2.43. The van der Waals surface area contributed by atoms with E-state index in [9.17, 15) is 9.59 Å². The number of furan rings is 1. The maximum Gasteiger partial charge on any atom is 0.336 e. The number of allylic oxidation sites excluding steroid dienone is 1. The fourth-order valence-corrected chi connectivity index (χ4v) is 4.89. The molecule has 150 valence electrons. The molecule has 0 amide bonds. The van der Waals surface area contributed by atoms with Gasteiger partial charge in [-0.3, -0.25) is 9.79 Å². The number of ketones is 1. The van der Waals surface area contributed by atoms with Gasteiger partial charge >= 0.3 is 5.97 Å². The first-order valence-corrected chi connectivity index (χ1v) is 10.6. The minimum absolute atomic E-state index is 0.0401. The molecule has 5 nitrogen and oxygen atoms in total. The predicted molar refractivity (Wildman–Crippen MR) is 106 cm³/mol. The van der Waals surface area contributed by atoms with Crippen molar-refractivity contribution in [1.29, 1.82) is 0 Å². The maximum atomic E-state index is 13.3. The molecule has 2 saturated carbocycles. The van der Waals surface area contributed by atoms with E-state index in [0.29, 0.717) is 23.5 Å². The Balaban J connectivity index is 1.69. The summed E-state index contributed by atoms with van der Waals surface area (Å²) in [7, 11) is 0. The quantitative estimate of drug-likeness (QED) is 0.542. The Morgan fingerprint density at radius 1 is 1.04 bits per heavy atom. The summed E-state index contributed by atoms with van der Waals surface area (Å²) in [6.45, 7) is 3.74. The van der Waals surface area contributed by atoms with E-state index in [2.05, 4.69) is 4.99 Å². The van der Waals surface area contributed by atoms with Crippen LogP contribution in [0.5, 0.6) is 0 Å². The maximum absolute atomic E-state index is 13.3. The largest absolute Gasteiger partial charge is 0.466 e. The van der Waals surface area contributed by atoms with Gasteiger partial charge in [-0.05, 0) is 64.5 Å². The minimum Gasteiger partial charge on any atom is -0.466 e. The smallest absolute Gasteiger partial charge is 0.336 e. The number of ether oxygens (including phenoxy) is 1. The van der Waals surface area contributed by atoms with Gasteiger partial charge in [0.2, 0.25) is 0 Å². The summed E-state index contributed by atoms with van der Waals surface area (Å²) in [5.74, 6) is 0.432. The van der Waals surface area contributed by atoms with E-state index < -0.39 is 11.8 Å². The third kappa shape index (κ3) is 3.71. The zero-order valence-corrected chi connectivity index (χ0v) is 16.8. The van der Waals surface area contributed by atoms with Crippen LogP contribution in [0.15, 0.2) is 32.8 Å². The van der Waals surface area contributed by atoms with Crippen molar-refractivity contribution >= 4 is 17.5 Å². The Hall–Kier alpha value is -2.17. The lowest BCUT2D eigenvalue weighted by molar-refractivity contribution is -0.145. The second-order valence-corrected chi connectivity index (χ2v) is 8.34. The molecule has 0 saturated heterocycles. The zero-order valence-electron chi connectivity index (χ0n) is 16.8. The van der Waals surface area contributed by atoms with Crippen LogP contribution in [0.1, 0.15) is 82.1 Å². The fourth-order valence-electron chi connectivity index (χ4n) is 4.89. The van der Waals surface area contributed by atoms with E-state index in [1.165, 1.54) is 12.8 Å². The zero-order chi connectivity index (χ0) is 19.7. The molecule has 0 spiro atoms. The molecule has 4 rings (SSSR count). The number of hydrogen-bond acceptors (Lipinski definition) is 5. The van der Waals surface area contributed by atoms with E-state index in [0.717, 1.165) is 50.0 Å². The summed E-state index contributed by atoms with van der Waals surface area (Å²) in [4.78, 5) is 30.8. The molecule has 2 aliphatic carbocycles. The van der Waals surface area contributed by atoms with Crippen LogP contribution in [0.25, 0.3) is 0 Å². The van der Waals surface area contributed by atoms with E-state index in [-0.39, 0.29) is 17.9 Å². The molecule has 0 N–H and O–H groups in total. The van der Waals surface area contributed by atoms with Crippen LogP contribution in [0.2, 0.25) is 0 Å². The van der Waals surface area contributed by atoms with Crippen molar-refractivity contribution in [2.45, 2.75) is 83.7 Å². The first-order valence-electron chi connectivity index (χ1n) is 10.6. The van der Waals surface area contributed by atoms with Gasteiger partial charge in [0.05, 0.1) is 17.4 Å². The van der Waals surface area contributed by atoms with Crippen molar-refractivity contribution in [2.24, 2.45) is 10.9 Å². The molecule has 0 radical (unpaired) electrons. The second-order valence-electron chi connectivity index (χ2n) is 8.34. The Kier molecular flexibility index (Phi) is 5.51. The van der Waals surface area contributed by atoms with Crippen molar-refractivity contribution in [1.82, 2.24) is 0 Å². The van der Waals surface area contributed by atoms with Gasteiger partial charge in [-0.2, -0.15) is 0 Å².